The van der Waals surface area contributed by atoms with Gasteiger partial charge in [0.05, 0.1) is 5.92 Å². The quantitative estimate of drug-likeness (QED) is 0.799. The van der Waals surface area contributed by atoms with Gasteiger partial charge in [0.2, 0.25) is 11.8 Å². The van der Waals surface area contributed by atoms with Gasteiger partial charge in [-0.15, -0.1) is 0 Å². The summed E-state index contributed by atoms with van der Waals surface area (Å²) in [6.45, 7) is 2.28. The van der Waals surface area contributed by atoms with E-state index >= 15 is 0 Å². The Labute approximate surface area is 116 Å². The van der Waals surface area contributed by atoms with Crippen LogP contribution in [0.3, 0.4) is 0 Å². The standard InChI is InChI=1S/C14H16N2O4/c1-9-3-2-4-11(5-9)15-12(17)6-13(18)16-7-10(8-16)14(19)20/h2-5,10H,6-8H2,1H3,(H,15,17)(H,19,20). The fourth-order valence-corrected chi connectivity index (χ4v) is 2.02. The highest BCUT2D eigenvalue weighted by atomic mass is 16.4. The Morgan fingerprint density at radius 2 is 2.05 bits per heavy atom. The van der Waals surface area contributed by atoms with Crippen molar-refractivity contribution in [3.05, 3.63) is 29.8 Å². The second-order valence-corrected chi connectivity index (χ2v) is 4.93. The van der Waals surface area contributed by atoms with Crippen LogP contribution in [0.15, 0.2) is 24.3 Å². The van der Waals surface area contributed by atoms with E-state index in [1.54, 1.807) is 6.07 Å². The number of nitrogens with one attached hydrogen (secondary N) is 1. The van der Waals surface area contributed by atoms with Crippen molar-refractivity contribution in [2.24, 2.45) is 5.92 Å². The topological polar surface area (TPSA) is 86.7 Å². The number of carboxylic acids is 1. The summed E-state index contributed by atoms with van der Waals surface area (Å²) in [5, 5.41) is 11.4. The largest absolute Gasteiger partial charge is 0.481 e. The molecule has 20 heavy (non-hydrogen) atoms. The highest BCUT2D eigenvalue weighted by molar-refractivity contribution is 6.04. The van der Waals surface area contributed by atoms with Crippen LogP contribution in [0.1, 0.15) is 12.0 Å². The second kappa shape index (κ2) is 5.73. The van der Waals surface area contributed by atoms with E-state index in [0.29, 0.717) is 5.69 Å². The molecule has 0 aliphatic carbocycles. The van der Waals surface area contributed by atoms with Crippen molar-refractivity contribution in [1.82, 2.24) is 4.90 Å². The number of aryl methyl sites for hydroxylation is 1. The Kier molecular flexibility index (Phi) is 4.02. The molecule has 1 aliphatic rings. The molecule has 0 spiro atoms. The first-order chi connectivity index (χ1) is 9.45. The number of rotatable bonds is 4. The molecule has 0 radical (unpaired) electrons. The lowest BCUT2D eigenvalue weighted by atomic mass is 10.00. The van der Waals surface area contributed by atoms with E-state index in [9.17, 15) is 14.4 Å². The molecule has 1 saturated heterocycles. The third kappa shape index (κ3) is 3.34. The molecule has 1 heterocycles. The van der Waals surface area contributed by atoms with Crippen LogP contribution in [0, 0.1) is 12.8 Å². The van der Waals surface area contributed by atoms with E-state index in [0.717, 1.165) is 5.56 Å². The molecule has 1 aromatic carbocycles. The molecule has 0 bridgehead atoms. The number of carbonyl (C=O) groups excluding carboxylic acids is 2. The number of hydrogen-bond acceptors (Lipinski definition) is 3. The zero-order valence-electron chi connectivity index (χ0n) is 11.1. The Hall–Kier alpha value is -2.37. The predicted octanol–water partition coefficient (Wildman–Crippen LogP) is 0.867. The van der Waals surface area contributed by atoms with E-state index in [1.807, 2.05) is 25.1 Å². The van der Waals surface area contributed by atoms with Crippen LogP contribution in [0.4, 0.5) is 5.69 Å². The lowest BCUT2D eigenvalue weighted by molar-refractivity contribution is -0.152. The van der Waals surface area contributed by atoms with Crippen molar-refractivity contribution in [3.63, 3.8) is 0 Å². The van der Waals surface area contributed by atoms with Gasteiger partial charge in [-0.1, -0.05) is 12.1 Å². The van der Waals surface area contributed by atoms with Crippen LogP contribution in [-0.2, 0) is 14.4 Å². The van der Waals surface area contributed by atoms with E-state index in [4.69, 9.17) is 5.11 Å². The first-order valence-electron chi connectivity index (χ1n) is 6.33. The van der Waals surface area contributed by atoms with E-state index in [2.05, 4.69) is 5.32 Å². The van der Waals surface area contributed by atoms with E-state index in [1.165, 1.54) is 4.90 Å². The molecule has 0 saturated carbocycles. The number of likely N-dealkylation sites (tertiary alicyclic amines) is 1. The minimum Gasteiger partial charge on any atom is -0.481 e. The number of carboxylic acid groups (broad SMARTS) is 1. The van der Waals surface area contributed by atoms with Gasteiger partial charge >= 0.3 is 5.97 Å². The molecular formula is C14H16N2O4. The zero-order chi connectivity index (χ0) is 14.7. The molecule has 2 rings (SSSR count). The van der Waals surface area contributed by atoms with Gasteiger partial charge in [0.15, 0.2) is 0 Å². The number of hydrogen-bond donors (Lipinski definition) is 2. The van der Waals surface area contributed by atoms with Gasteiger partial charge in [0, 0.05) is 18.8 Å². The average molecular weight is 276 g/mol. The molecule has 1 aromatic rings. The normalized spacial score (nSPS) is 14.6. The summed E-state index contributed by atoms with van der Waals surface area (Å²) in [5.41, 5.74) is 1.66. The fourth-order valence-electron chi connectivity index (χ4n) is 2.02. The van der Waals surface area contributed by atoms with Crippen molar-refractivity contribution in [2.45, 2.75) is 13.3 Å². The molecular weight excluding hydrogens is 260 g/mol. The average Bonchev–Trinajstić information content (AvgIpc) is 2.25. The number of benzene rings is 1. The Morgan fingerprint density at radius 3 is 2.65 bits per heavy atom. The summed E-state index contributed by atoms with van der Waals surface area (Å²) in [6.07, 6.45) is -0.264. The molecule has 1 aliphatic heterocycles. The number of carbonyl (C=O) groups is 3. The van der Waals surface area contributed by atoms with Crippen LogP contribution in [-0.4, -0.2) is 40.9 Å². The monoisotopic (exact) mass is 276 g/mol. The summed E-state index contributed by atoms with van der Waals surface area (Å²) in [5.74, 6) is -2.14. The van der Waals surface area contributed by atoms with Crippen LogP contribution in [0.2, 0.25) is 0 Å². The van der Waals surface area contributed by atoms with Crippen molar-refractivity contribution < 1.29 is 19.5 Å². The Morgan fingerprint density at radius 1 is 1.35 bits per heavy atom. The molecule has 0 unspecified atom stereocenters. The highest BCUT2D eigenvalue weighted by Crippen LogP contribution is 2.17. The maximum absolute atomic E-state index is 11.7. The van der Waals surface area contributed by atoms with Gasteiger partial charge in [-0.05, 0) is 24.6 Å². The summed E-state index contributed by atoms with van der Waals surface area (Å²) < 4.78 is 0. The summed E-state index contributed by atoms with van der Waals surface area (Å²) in [6, 6.07) is 7.29. The summed E-state index contributed by atoms with van der Waals surface area (Å²) >= 11 is 0. The number of anilines is 1. The number of nitrogens with zero attached hydrogens (tertiary/aromatic N) is 1. The lowest BCUT2D eigenvalue weighted by Gasteiger charge is -2.36. The first kappa shape index (κ1) is 14.0. The maximum atomic E-state index is 11.7. The summed E-state index contributed by atoms with van der Waals surface area (Å²) in [4.78, 5) is 35.5. The van der Waals surface area contributed by atoms with E-state index in [-0.39, 0.29) is 31.3 Å². The molecule has 2 N–H and O–H groups in total. The minimum absolute atomic E-state index is 0.186. The molecule has 0 aromatic heterocycles. The second-order valence-electron chi connectivity index (χ2n) is 4.93. The molecule has 1 fully saturated rings. The summed E-state index contributed by atoms with van der Waals surface area (Å²) in [7, 11) is 0. The fraction of sp³-hybridized carbons (Fsp3) is 0.357. The molecule has 106 valence electrons. The molecule has 6 heteroatoms. The van der Waals surface area contributed by atoms with Crippen molar-refractivity contribution in [2.75, 3.05) is 18.4 Å². The minimum atomic E-state index is -0.904. The maximum Gasteiger partial charge on any atom is 0.310 e. The Balaban J connectivity index is 1.80. The highest BCUT2D eigenvalue weighted by Gasteiger charge is 2.35. The number of amides is 2. The molecule has 0 atom stereocenters. The molecule has 2 amide bonds. The SMILES string of the molecule is Cc1cccc(NC(=O)CC(=O)N2CC(C(=O)O)C2)c1. The van der Waals surface area contributed by atoms with Crippen molar-refractivity contribution >= 4 is 23.5 Å². The van der Waals surface area contributed by atoms with Crippen LogP contribution < -0.4 is 5.32 Å². The first-order valence-corrected chi connectivity index (χ1v) is 6.33. The van der Waals surface area contributed by atoms with Crippen LogP contribution in [0.5, 0.6) is 0 Å². The van der Waals surface area contributed by atoms with Gasteiger partial charge in [-0.25, -0.2) is 0 Å². The molecule has 6 nitrogen and oxygen atoms in total. The third-order valence-electron chi connectivity index (χ3n) is 3.20. The van der Waals surface area contributed by atoms with Gasteiger partial charge < -0.3 is 15.3 Å². The van der Waals surface area contributed by atoms with Crippen molar-refractivity contribution in [3.8, 4) is 0 Å². The third-order valence-corrected chi connectivity index (χ3v) is 3.20. The predicted molar refractivity (Wildman–Crippen MR) is 72.1 cm³/mol. The van der Waals surface area contributed by atoms with Gasteiger partial charge in [0.25, 0.3) is 0 Å². The smallest absolute Gasteiger partial charge is 0.310 e. The number of aliphatic carboxylic acids is 1. The van der Waals surface area contributed by atoms with Crippen LogP contribution >= 0.6 is 0 Å². The van der Waals surface area contributed by atoms with Gasteiger partial charge in [0.1, 0.15) is 6.42 Å². The van der Waals surface area contributed by atoms with Crippen molar-refractivity contribution in [1.29, 1.82) is 0 Å². The zero-order valence-corrected chi connectivity index (χ0v) is 11.1. The lowest BCUT2D eigenvalue weighted by Crippen LogP contribution is -2.53. The Bertz CT molecular complexity index is 550. The van der Waals surface area contributed by atoms with Gasteiger partial charge in [-0.2, -0.15) is 0 Å². The van der Waals surface area contributed by atoms with E-state index < -0.39 is 11.9 Å². The van der Waals surface area contributed by atoms with Gasteiger partial charge in [-0.3, -0.25) is 14.4 Å². The van der Waals surface area contributed by atoms with Crippen LogP contribution in [0.25, 0.3) is 0 Å².